The molecule has 0 aliphatic heterocycles. The molecule has 2 rings (SSSR count). The smallest absolute Gasteiger partial charge is 0.246 e. The molecule has 2 N–H and O–H groups in total. The molecule has 1 aromatic heterocycles. The number of carbonyl (C=O) groups excluding carboxylic acids is 1. The maximum absolute atomic E-state index is 12.3. The normalized spacial score (nSPS) is 13.7. The van der Waals surface area contributed by atoms with Crippen molar-refractivity contribution in [3.63, 3.8) is 0 Å². The molecule has 144 valence electrons. The highest BCUT2D eigenvalue weighted by molar-refractivity contribution is 5.85. The average Bonchev–Trinajstić information content (AvgIpc) is 3.07. The number of ether oxygens (including phenoxy) is 2. The first-order valence-corrected chi connectivity index (χ1v) is 9.67. The van der Waals surface area contributed by atoms with Crippen molar-refractivity contribution in [3.05, 3.63) is 36.0 Å². The molecule has 0 fully saturated rings. The second-order valence-corrected chi connectivity index (χ2v) is 6.61. The lowest BCUT2D eigenvalue weighted by Crippen LogP contribution is -2.39. The molecule has 2 atom stereocenters. The SMILES string of the molecule is CCCCCC[C@@H](OCC)[C@H](NC(=O)COC)c1c[nH]c2ccccc12. The maximum Gasteiger partial charge on any atom is 0.246 e. The fraction of sp³-hybridized carbons (Fsp3) is 0.571. The summed E-state index contributed by atoms with van der Waals surface area (Å²) in [6.45, 7) is 4.88. The highest BCUT2D eigenvalue weighted by Gasteiger charge is 2.27. The van der Waals surface area contributed by atoms with Gasteiger partial charge in [0.2, 0.25) is 5.91 Å². The molecular weight excluding hydrogens is 328 g/mol. The molecule has 0 spiro atoms. The van der Waals surface area contributed by atoms with Crippen molar-refractivity contribution >= 4 is 16.8 Å². The summed E-state index contributed by atoms with van der Waals surface area (Å²) in [5.41, 5.74) is 2.13. The number of unbranched alkanes of at least 4 members (excludes halogenated alkanes) is 3. The highest BCUT2D eigenvalue weighted by Crippen LogP contribution is 2.30. The minimum atomic E-state index is -0.199. The number of hydrogen-bond acceptors (Lipinski definition) is 3. The minimum absolute atomic E-state index is 0.0491. The van der Waals surface area contributed by atoms with Crippen molar-refractivity contribution in [3.8, 4) is 0 Å². The quantitative estimate of drug-likeness (QED) is 0.553. The third-order valence-electron chi connectivity index (χ3n) is 4.64. The van der Waals surface area contributed by atoms with Crippen LogP contribution >= 0.6 is 0 Å². The lowest BCUT2D eigenvalue weighted by Gasteiger charge is -2.28. The summed E-state index contributed by atoms with van der Waals surface area (Å²) in [5.74, 6) is -0.124. The molecule has 1 aromatic carbocycles. The van der Waals surface area contributed by atoms with Gasteiger partial charge in [-0.15, -0.1) is 0 Å². The van der Waals surface area contributed by atoms with Gasteiger partial charge >= 0.3 is 0 Å². The van der Waals surface area contributed by atoms with E-state index in [2.05, 4.69) is 23.3 Å². The molecule has 0 aliphatic rings. The molecule has 1 heterocycles. The second-order valence-electron chi connectivity index (χ2n) is 6.61. The van der Waals surface area contributed by atoms with Crippen molar-refractivity contribution in [2.75, 3.05) is 20.3 Å². The van der Waals surface area contributed by atoms with Gasteiger partial charge in [-0.3, -0.25) is 4.79 Å². The Bertz CT molecular complexity index is 668. The number of aromatic amines is 1. The van der Waals surface area contributed by atoms with Gasteiger partial charge in [0.1, 0.15) is 6.61 Å². The molecule has 5 nitrogen and oxygen atoms in total. The van der Waals surface area contributed by atoms with Crippen molar-refractivity contribution in [1.29, 1.82) is 0 Å². The third-order valence-corrected chi connectivity index (χ3v) is 4.64. The van der Waals surface area contributed by atoms with Crippen molar-refractivity contribution < 1.29 is 14.3 Å². The number of para-hydroxylation sites is 1. The first kappa shape index (κ1) is 20.5. The van der Waals surface area contributed by atoms with Crippen LogP contribution in [0.3, 0.4) is 0 Å². The molecule has 0 saturated heterocycles. The lowest BCUT2D eigenvalue weighted by atomic mass is 9.96. The Morgan fingerprint density at radius 1 is 1.19 bits per heavy atom. The fourth-order valence-electron chi connectivity index (χ4n) is 3.40. The summed E-state index contributed by atoms with van der Waals surface area (Å²) in [7, 11) is 1.53. The second kappa shape index (κ2) is 11.0. The van der Waals surface area contributed by atoms with Crippen LogP contribution in [0.25, 0.3) is 10.9 Å². The van der Waals surface area contributed by atoms with Gasteiger partial charge in [0.05, 0.1) is 12.1 Å². The van der Waals surface area contributed by atoms with Gasteiger partial charge in [0.15, 0.2) is 0 Å². The number of rotatable bonds is 12. The van der Waals surface area contributed by atoms with Crippen LogP contribution in [-0.2, 0) is 14.3 Å². The predicted octanol–water partition coefficient (Wildman–Crippen LogP) is 4.35. The van der Waals surface area contributed by atoms with Crippen molar-refractivity contribution in [1.82, 2.24) is 10.3 Å². The molecule has 5 heteroatoms. The Kier molecular flexibility index (Phi) is 8.65. The van der Waals surface area contributed by atoms with E-state index in [-0.39, 0.29) is 24.7 Å². The van der Waals surface area contributed by atoms with Crippen molar-refractivity contribution in [2.24, 2.45) is 0 Å². The standard InChI is InChI=1S/C21H32N2O3/c1-4-6-7-8-13-19(26-5-2)21(23-20(24)15-25-3)17-14-22-18-12-10-9-11-16(17)18/h9-12,14,19,21-22H,4-8,13,15H2,1-3H3,(H,23,24)/t19-,21-/m1/s1. The van der Waals surface area contributed by atoms with Gasteiger partial charge in [-0.25, -0.2) is 0 Å². The summed E-state index contributed by atoms with van der Waals surface area (Å²) in [5, 5.41) is 4.25. The van der Waals surface area contributed by atoms with E-state index in [1.807, 2.05) is 31.3 Å². The van der Waals surface area contributed by atoms with E-state index in [9.17, 15) is 4.79 Å². The number of H-pyrrole nitrogens is 1. The van der Waals surface area contributed by atoms with E-state index in [1.54, 1.807) is 0 Å². The number of aromatic nitrogens is 1. The van der Waals surface area contributed by atoms with E-state index in [4.69, 9.17) is 9.47 Å². The summed E-state index contributed by atoms with van der Waals surface area (Å²) >= 11 is 0. The number of nitrogens with one attached hydrogen (secondary N) is 2. The average molecular weight is 360 g/mol. The monoisotopic (exact) mass is 360 g/mol. The Balaban J connectivity index is 2.26. The first-order chi connectivity index (χ1) is 12.7. The van der Waals surface area contributed by atoms with Crippen LogP contribution in [0.5, 0.6) is 0 Å². The van der Waals surface area contributed by atoms with Crippen LogP contribution in [0.2, 0.25) is 0 Å². The van der Waals surface area contributed by atoms with Gasteiger partial charge in [-0.2, -0.15) is 0 Å². The summed E-state index contributed by atoms with van der Waals surface area (Å²) in [4.78, 5) is 15.6. The van der Waals surface area contributed by atoms with Gasteiger partial charge in [0.25, 0.3) is 0 Å². The van der Waals surface area contributed by atoms with E-state index >= 15 is 0 Å². The zero-order valence-electron chi connectivity index (χ0n) is 16.2. The topological polar surface area (TPSA) is 63.4 Å². The van der Waals surface area contributed by atoms with Crippen LogP contribution in [0.1, 0.15) is 57.6 Å². The van der Waals surface area contributed by atoms with Gasteiger partial charge < -0.3 is 19.8 Å². The van der Waals surface area contributed by atoms with Crippen LogP contribution in [0.4, 0.5) is 0 Å². The van der Waals surface area contributed by atoms with Crippen LogP contribution in [0, 0.1) is 0 Å². The highest BCUT2D eigenvalue weighted by atomic mass is 16.5. The number of amides is 1. The number of hydrogen-bond donors (Lipinski definition) is 2. The number of benzene rings is 1. The Morgan fingerprint density at radius 3 is 2.73 bits per heavy atom. The maximum atomic E-state index is 12.3. The Hall–Kier alpha value is -1.85. The van der Waals surface area contributed by atoms with Crippen LogP contribution < -0.4 is 5.32 Å². The van der Waals surface area contributed by atoms with Gasteiger partial charge in [-0.1, -0.05) is 50.8 Å². The Labute approximate surface area is 156 Å². The predicted molar refractivity (Wildman–Crippen MR) is 105 cm³/mol. The van der Waals surface area contributed by atoms with Crippen LogP contribution in [-0.4, -0.2) is 37.3 Å². The molecular formula is C21H32N2O3. The lowest BCUT2D eigenvalue weighted by molar-refractivity contribution is -0.126. The van der Waals surface area contributed by atoms with E-state index in [1.165, 1.54) is 26.4 Å². The van der Waals surface area contributed by atoms with E-state index in [0.717, 1.165) is 29.3 Å². The van der Waals surface area contributed by atoms with E-state index in [0.29, 0.717) is 6.61 Å². The number of methoxy groups -OCH3 is 1. The number of fused-ring (bicyclic) bond motifs is 1. The van der Waals surface area contributed by atoms with Crippen LogP contribution in [0.15, 0.2) is 30.5 Å². The Morgan fingerprint density at radius 2 is 2.00 bits per heavy atom. The molecule has 0 aliphatic carbocycles. The molecule has 1 amide bonds. The minimum Gasteiger partial charge on any atom is -0.376 e. The largest absolute Gasteiger partial charge is 0.376 e. The van der Waals surface area contributed by atoms with E-state index < -0.39 is 0 Å². The van der Waals surface area contributed by atoms with Crippen molar-refractivity contribution in [2.45, 2.75) is 58.1 Å². The fourth-order valence-corrected chi connectivity index (χ4v) is 3.40. The van der Waals surface area contributed by atoms with Gasteiger partial charge in [0, 0.05) is 36.4 Å². The molecule has 0 bridgehead atoms. The molecule has 0 saturated carbocycles. The first-order valence-electron chi connectivity index (χ1n) is 9.67. The molecule has 0 radical (unpaired) electrons. The summed E-state index contributed by atoms with van der Waals surface area (Å²) in [6, 6.07) is 7.95. The zero-order chi connectivity index (χ0) is 18.8. The zero-order valence-corrected chi connectivity index (χ0v) is 16.2. The molecule has 26 heavy (non-hydrogen) atoms. The van der Waals surface area contributed by atoms with Gasteiger partial charge in [-0.05, 0) is 19.4 Å². The third kappa shape index (κ3) is 5.58. The molecule has 0 unspecified atom stereocenters. The summed E-state index contributed by atoms with van der Waals surface area (Å²) in [6.07, 6.45) is 7.56. The molecule has 2 aromatic rings. The number of carbonyl (C=O) groups is 1. The summed E-state index contributed by atoms with van der Waals surface area (Å²) < 4.78 is 11.1.